The normalized spacial score (nSPS) is 10.4. The van der Waals surface area contributed by atoms with Gasteiger partial charge in [0.1, 0.15) is 12.3 Å². The van der Waals surface area contributed by atoms with Crippen LogP contribution in [0, 0.1) is 6.92 Å². The first kappa shape index (κ1) is 13.3. The van der Waals surface area contributed by atoms with E-state index in [1.54, 1.807) is 5.38 Å². The number of hydrogen-bond donors (Lipinski definition) is 2. The number of carbonyl (C=O) groups is 2. The van der Waals surface area contributed by atoms with Crippen molar-refractivity contribution in [1.82, 2.24) is 10.3 Å². The molecule has 0 aliphatic heterocycles. The Morgan fingerprint density at radius 2 is 2.26 bits per heavy atom. The summed E-state index contributed by atoms with van der Waals surface area (Å²) in [7, 11) is 0. The summed E-state index contributed by atoms with van der Waals surface area (Å²) in [6.45, 7) is 1.46. The number of rotatable bonds is 5. The Labute approximate surface area is 113 Å². The van der Waals surface area contributed by atoms with Crippen LogP contribution in [0.4, 0.5) is 0 Å². The van der Waals surface area contributed by atoms with E-state index in [0.29, 0.717) is 16.5 Å². The van der Waals surface area contributed by atoms with E-state index in [1.807, 2.05) is 19.1 Å². The molecule has 0 aliphatic carbocycles. The number of hydrogen-bond acceptors (Lipinski definition) is 5. The molecule has 0 atom stereocenters. The Balaban J connectivity index is 1.97. The highest BCUT2D eigenvalue weighted by Gasteiger charge is 2.11. The van der Waals surface area contributed by atoms with E-state index in [4.69, 9.17) is 9.52 Å². The molecule has 19 heavy (non-hydrogen) atoms. The zero-order valence-electron chi connectivity index (χ0n) is 10.2. The monoisotopic (exact) mass is 280 g/mol. The lowest BCUT2D eigenvalue weighted by atomic mass is 10.3. The molecule has 2 aromatic rings. The minimum atomic E-state index is -1.07. The van der Waals surface area contributed by atoms with Crippen LogP contribution < -0.4 is 5.32 Å². The number of nitrogens with zero attached hydrogens (tertiary/aromatic N) is 1. The van der Waals surface area contributed by atoms with Crippen LogP contribution in [0.5, 0.6) is 0 Å². The standard InChI is InChI=1S/C12H12N2O4S/c1-7-2-3-9(18-7)12-14-8(6-19-12)4-10(15)13-5-11(16)17/h2-3,6H,4-5H2,1H3,(H,13,15)(H,16,17). The van der Waals surface area contributed by atoms with Crippen molar-refractivity contribution in [3.05, 3.63) is 29.0 Å². The van der Waals surface area contributed by atoms with Crippen molar-refractivity contribution >= 4 is 23.2 Å². The van der Waals surface area contributed by atoms with E-state index < -0.39 is 5.97 Å². The molecule has 7 heteroatoms. The highest BCUT2D eigenvalue weighted by atomic mass is 32.1. The van der Waals surface area contributed by atoms with Crippen molar-refractivity contribution in [2.24, 2.45) is 0 Å². The molecule has 0 spiro atoms. The van der Waals surface area contributed by atoms with Crippen molar-refractivity contribution in [1.29, 1.82) is 0 Å². The second-order valence-electron chi connectivity index (χ2n) is 3.90. The first-order valence-corrected chi connectivity index (χ1v) is 6.42. The van der Waals surface area contributed by atoms with Crippen LogP contribution in [0.25, 0.3) is 10.8 Å². The largest absolute Gasteiger partial charge is 0.480 e. The quantitative estimate of drug-likeness (QED) is 0.864. The summed E-state index contributed by atoms with van der Waals surface area (Å²) in [6.07, 6.45) is 0.0590. The fourth-order valence-corrected chi connectivity index (χ4v) is 2.23. The lowest BCUT2D eigenvalue weighted by molar-refractivity contribution is -0.137. The molecule has 0 aliphatic rings. The summed E-state index contributed by atoms with van der Waals surface area (Å²) in [6, 6.07) is 3.67. The average molecular weight is 280 g/mol. The number of aliphatic carboxylic acids is 1. The van der Waals surface area contributed by atoms with Crippen LogP contribution in [-0.2, 0) is 16.0 Å². The summed E-state index contributed by atoms with van der Waals surface area (Å²) >= 11 is 1.38. The van der Waals surface area contributed by atoms with Crippen molar-refractivity contribution in [3.8, 4) is 10.8 Å². The molecule has 0 radical (unpaired) electrons. The van der Waals surface area contributed by atoms with Crippen molar-refractivity contribution in [2.45, 2.75) is 13.3 Å². The van der Waals surface area contributed by atoms with Gasteiger partial charge < -0.3 is 14.8 Å². The molecule has 0 unspecified atom stereocenters. The summed E-state index contributed by atoms with van der Waals surface area (Å²) in [4.78, 5) is 26.0. The number of carboxylic acids is 1. The van der Waals surface area contributed by atoms with Crippen molar-refractivity contribution < 1.29 is 19.1 Å². The smallest absolute Gasteiger partial charge is 0.322 e. The zero-order chi connectivity index (χ0) is 13.8. The number of furan rings is 1. The fourth-order valence-electron chi connectivity index (χ4n) is 1.45. The van der Waals surface area contributed by atoms with Gasteiger partial charge in [-0.3, -0.25) is 9.59 Å². The molecule has 100 valence electrons. The lowest BCUT2D eigenvalue weighted by Gasteiger charge is -1.99. The minimum absolute atomic E-state index is 0.0590. The molecule has 0 aromatic carbocycles. The second kappa shape index (κ2) is 5.66. The molecule has 2 N–H and O–H groups in total. The van der Waals surface area contributed by atoms with Gasteiger partial charge in [-0.05, 0) is 19.1 Å². The maximum absolute atomic E-state index is 11.4. The molecule has 2 aromatic heterocycles. The Bertz CT molecular complexity index is 602. The lowest BCUT2D eigenvalue weighted by Crippen LogP contribution is -2.30. The van der Waals surface area contributed by atoms with Gasteiger partial charge in [0, 0.05) is 5.38 Å². The van der Waals surface area contributed by atoms with Crippen LogP contribution in [0.2, 0.25) is 0 Å². The molecule has 0 bridgehead atoms. The molecule has 2 heterocycles. The first-order chi connectivity index (χ1) is 9.04. The summed E-state index contributed by atoms with van der Waals surface area (Å²) in [5.41, 5.74) is 0.594. The Kier molecular flexibility index (Phi) is 3.96. The van der Waals surface area contributed by atoms with Gasteiger partial charge in [0.05, 0.1) is 12.1 Å². The van der Waals surface area contributed by atoms with E-state index in [0.717, 1.165) is 5.76 Å². The number of amides is 1. The number of aryl methyl sites for hydroxylation is 1. The van der Waals surface area contributed by atoms with Gasteiger partial charge in [0.25, 0.3) is 0 Å². The summed E-state index contributed by atoms with van der Waals surface area (Å²) in [5.74, 6) is 0.0268. The van der Waals surface area contributed by atoms with E-state index in [2.05, 4.69) is 10.3 Å². The second-order valence-corrected chi connectivity index (χ2v) is 4.76. The van der Waals surface area contributed by atoms with Gasteiger partial charge in [-0.15, -0.1) is 11.3 Å². The molecule has 0 saturated carbocycles. The number of nitrogens with one attached hydrogen (secondary N) is 1. The van der Waals surface area contributed by atoms with E-state index in [9.17, 15) is 9.59 Å². The molecular weight excluding hydrogens is 268 g/mol. The third-order valence-corrected chi connectivity index (χ3v) is 3.19. The third kappa shape index (κ3) is 3.65. The SMILES string of the molecule is Cc1ccc(-c2nc(CC(=O)NCC(=O)O)cs2)o1. The summed E-state index contributed by atoms with van der Waals surface area (Å²) in [5, 5.41) is 13.2. The molecule has 0 fully saturated rings. The number of aromatic nitrogens is 1. The van der Waals surface area contributed by atoms with Crippen molar-refractivity contribution in [3.63, 3.8) is 0 Å². The van der Waals surface area contributed by atoms with Gasteiger partial charge >= 0.3 is 5.97 Å². The van der Waals surface area contributed by atoms with Crippen molar-refractivity contribution in [2.75, 3.05) is 6.54 Å². The number of carboxylic acid groups (broad SMARTS) is 1. The highest BCUT2D eigenvalue weighted by Crippen LogP contribution is 2.25. The number of carbonyl (C=O) groups excluding carboxylic acids is 1. The highest BCUT2D eigenvalue weighted by molar-refractivity contribution is 7.13. The summed E-state index contributed by atoms with van der Waals surface area (Å²) < 4.78 is 5.44. The maximum Gasteiger partial charge on any atom is 0.322 e. The van der Waals surface area contributed by atoms with Gasteiger partial charge in [-0.25, -0.2) is 4.98 Å². The number of thiazole rings is 1. The first-order valence-electron chi connectivity index (χ1n) is 5.54. The Morgan fingerprint density at radius 1 is 1.47 bits per heavy atom. The predicted molar refractivity (Wildman–Crippen MR) is 68.9 cm³/mol. The maximum atomic E-state index is 11.4. The predicted octanol–water partition coefficient (Wildman–Crippen LogP) is 1.45. The third-order valence-electron chi connectivity index (χ3n) is 2.28. The van der Waals surface area contributed by atoms with Crippen LogP contribution in [0.15, 0.2) is 21.9 Å². The Morgan fingerprint density at radius 3 is 2.89 bits per heavy atom. The van der Waals surface area contributed by atoms with Crippen LogP contribution in [0.1, 0.15) is 11.5 Å². The molecule has 0 saturated heterocycles. The molecule has 6 nitrogen and oxygen atoms in total. The van der Waals surface area contributed by atoms with Gasteiger partial charge in [-0.1, -0.05) is 0 Å². The topological polar surface area (TPSA) is 92.4 Å². The van der Waals surface area contributed by atoms with E-state index in [1.165, 1.54) is 11.3 Å². The molecular formula is C12H12N2O4S. The fraction of sp³-hybridized carbons (Fsp3) is 0.250. The van der Waals surface area contributed by atoms with E-state index in [-0.39, 0.29) is 18.9 Å². The molecule has 1 amide bonds. The van der Waals surface area contributed by atoms with Gasteiger partial charge in [0.15, 0.2) is 10.8 Å². The van der Waals surface area contributed by atoms with E-state index >= 15 is 0 Å². The minimum Gasteiger partial charge on any atom is -0.480 e. The van der Waals surface area contributed by atoms with Gasteiger partial charge in [-0.2, -0.15) is 0 Å². The zero-order valence-corrected chi connectivity index (χ0v) is 11.0. The van der Waals surface area contributed by atoms with Gasteiger partial charge in [0.2, 0.25) is 5.91 Å². The van der Waals surface area contributed by atoms with Crippen LogP contribution in [-0.4, -0.2) is 28.5 Å². The Hall–Kier alpha value is -2.15. The molecule has 2 rings (SSSR count). The van der Waals surface area contributed by atoms with Crippen LogP contribution in [0.3, 0.4) is 0 Å². The average Bonchev–Trinajstić information content (AvgIpc) is 2.95. The van der Waals surface area contributed by atoms with Crippen LogP contribution >= 0.6 is 11.3 Å².